The van der Waals surface area contributed by atoms with Crippen LogP contribution in [0.1, 0.15) is 25.7 Å². The summed E-state index contributed by atoms with van der Waals surface area (Å²) >= 11 is 0. The Kier molecular flexibility index (Phi) is 3.86. The first kappa shape index (κ1) is 16.0. The number of hydrogen-bond acceptors (Lipinski definition) is 7. The Hall–Kier alpha value is -3.20. The summed E-state index contributed by atoms with van der Waals surface area (Å²) in [6.07, 6.45) is 6.82. The number of H-pyrrole nitrogens is 1. The minimum absolute atomic E-state index is 0.165. The van der Waals surface area contributed by atoms with Gasteiger partial charge in [-0.1, -0.05) is 6.07 Å². The molecule has 27 heavy (non-hydrogen) atoms. The van der Waals surface area contributed by atoms with Crippen molar-refractivity contribution in [2.75, 3.05) is 10.6 Å². The van der Waals surface area contributed by atoms with E-state index in [0.717, 1.165) is 53.9 Å². The van der Waals surface area contributed by atoms with Crippen molar-refractivity contribution in [1.82, 2.24) is 29.8 Å². The molecule has 0 spiro atoms. The van der Waals surface area contributed by atoms with Crippen LogP contribution < -0.4 is 10.6 Å². The number of fused-ring (bicyclic) bond motifs is 2. The van der Waals surface area contributed by atoms with Gasteiger partial charge < -0.3 is 15.7 Å². The van der Waals surface area contributed by atoms with Gasteiger partial charge in [-0.2, -0.15) is 14.6 Å². The van der Waals surface area contributed by atoms with E-state index in [1.807, 2.05) is 24.3 Å². The lowest BCUT2D eigenvalue weighted by atomic mass is 9.93. The molecule has 0 unspecified atom stereocenters. The van der Waals surface area contributed by atoms with Gasteiger partial charge >= 0.3 is 0 Å². The first-order valence-electron chi connectivity index (χ1n) is 9.11. The van der Waals surface area contributed by atoms with Crippen molar-refractivity contribution in [3.05, 3.63) is 36.7 Å². The quantitative estimate of drug-likeness (QED) is 0.439. The van der Waals surface area contributed by atoms with E-state index in [1.165, 1.54) is 0 Å². The molecular formula is C18H20N8O. The van der Waals surface area contributed by atoms with Crippen molar-refractivity contribution < 1.29 is 5.11 Å². The molecule has 1 fully saturated rings. The molecule has 4 heterocycles. The molecule has 0 amide bonds. The Morgan fingerprint density at radius 1 is 1.15 bits per heavy atom. The van der Waals surface area contributed by atoms with Crippen LogP contribution in [0.15, 0.2) is 36.7 Å². The first-order chi connectivity index (χ1) is 13.2. The molecule has 5 rings (SSSR count). The average molecular weight is 364 g/mol. The van der Waals surface area contributed by atoms with Crippen LogP contribution in [0.3, 0.4) is 0 Å². The largest absolute Gasteiger partial charge is 0.393 e. The number of aromatic nitrogens is 6. The van der Waals surface area contributed by atoms with Crippen molar-refractivity contribution in [2.45, 2.75) is 37.8 Å². The lowest BCUT2D eigenvalue weighted by Gasteiger charge is -2.26. The van der Waals surface area contributed by atoms with E-state index in [-0.39, 0.29) is 6.10 Å². The standard InChI is InChI=1S/C18H20N8O/c27-13-6-4-11(5-7-13)21-16-2-1-3-17-23-18(25-26(16)17)22-12-8-14-15(19-9-12)10-20-24-14/h1-3,8-11,13,21,27H,4-7H2,(H,20,24)(H,22,25)/t11-,13+. The van der Waals surface area contributed by atoms with Gasteiger partial charge in [-0.25, -0.2) is 0 Å². The van der Waals surface area contributed by atoms with Crippen LogP contribution in [-0.4, -0.2) is 47.0 Å². The zero-order valence-electron chi connectivity index (χ0n) is 14.6. The molecule has 1 saturated carbocycles. The maximum absolute atomic E-state index is 9.69. The molecule has 1 aliphatic rings. The van der Waals surface area contributed by atoms with Gasteiger partial charge in [-0.15, -0.1) is 5.10 Å². The first-order valence-corrected chi connectivity index (χ1v) is 9.11. The Morgan fingerprint density at radius 3 is 2.93 bits per heavy atom. The summed E-state index contributed by atoms with van der Waals surface area (Å²) in [6.45, 7) is 0. The highest BCUT2D eigenvalue weighted by Crippen LogP contribution is 2.23. The predicted octanol–water partition coefficient (Wildman–Crippen LogP) is 2.46. The van der Waals surface area contributed by atoms with Crippen molar-refractivity contribution in [2.24, 2.45) is 0 Å². The van der Waals surface area contributed by atoms with E-state index in [9.17, 15) is 5.11 Å². The fourth-order valence-corrected chi connectivity index (χ4v) is 3.52. The van der Waals surface area contributed by atoms with Gasteiger partial charge in [0, 0.05) is 6.04 Å². The van der Waals surface area contributed by atoms with Crippen LogP contribution in [0.2, 0.25) is 0 Å². The maximum Gasteiger partial charge on any atom is 0.247 e. The molecule has 9 nitrogen and oxygen atoms in total. The maximum atomic E-state index is 9.69. The number of rotatable bonds is 4. The second-order valence-corrected chi connectivity index (χ2v) is 6.92. The minimum Gasteiger partial charge on any atom is -0.393 e. The van der Waals surface area contributed by atoms with Gasteiger partial charge in [-0.05, 0) is 43.9 Å². The van der Waals surface area contributed by atoms with Crippen LogP contribution >= 0.6 is 0 Å². The zero-order valence-corrected chi connectivity index (χ0v) is 14.6. The monoisotopic (exact) mass is 364 g/mol. The SMILES string of the molecule is O[C@H]1CC[C@@H](Nc2cccc3nc(Nc4cnc5cn[nH]c5c4)nn23)CC1. The van der Waals surface area contributed by atoms with E-state index >= 15 is 0 Å². The topological polar surface area (TPSA) is 116 Å². The zero-order chi connectivity index (χ0) is 18.2. The van der Waals surface area contributed by atoms with Crippen LogP contribution in [0, 0.1) is 0 Å². The van der Waals surface area contributed by atoms with Crippen LogP contribution in [0.4, 0.5) is 17.5 Å². The number of nitrogens with one attached hydrogen (secondary N) is 3. The van der Waals surface area contributed by atoms with E-state index in [4.69, 9.17) is 0 Å². The average Bonchev–Trinajstić information content (AvgIpc) is 3.30. The summed E-state index contributed by atoms with van der Waals surface area (Å²) in [5.74, 6) is 1.40. The molecule has 0 aromatic carbocycles. The minimum atomic E-state index is -0.165. The second kappa shape index (κ2) is 6.51. The molecular weight excluding hydrogens is 344 g/mol. The van der Waals surface area contributed by atoms with Gasteiger partial charge in [0.15, 0.2) is 5.65 Å². The molecule has 0 radical (unpaired) electrons. The number of aliphatic hydroxyl groups excluding tert-OH is 1. The van der Waals surface area contributed by atoms with Gasteiger partial charge in [0.25, 0.3) is 0 Å². The fraction of sp³-hybridized carbons (Fsp3) is 0.333. The molecule has 0 aliphatic heterocycles. The fourth-order valence-electron chi connectivity index (χ4n) is 3.52. The Balaban J connectivity index is 1.39. The summed E-state index contributed by atoms with van der Waals surface area (Å²) in [5, 5.41) is 27.9. The van der Waals surface area contributed by atoms with Gasteiger partial charge in [-0.3, -0.25) is 10.1 Å². The van der Waals surface area contributed by atoms with Gasteiger partial charge in [0.1, 0.15) is 11.3 Å². The highest BCUT2D eigenvalue weighted by Gasteiger charge is 2.20. The van der Waals surface area contributed by atoms with Crippen LogP contribution in [0.5, 0.6) is 0 Å². The summed E-state index contributed by atoms with van der Waals surface area (Å²) in [4.78, 5) is 8.89. The van der Waals surface area contributed by atoms with E-state index in [2.05, 4.69) is 35.9 Å². The number of pyridine rings is 2. The third-order valence-electron chi connectivity index (χ3n) is 4.95. The Morgan fingerprint density at radius 2 is 2.04 bits per heavy atom. The lowest BCUT2D eigenvalue weighted by molar-refractivity contribution is 0.126. The number of anilines is 3. The highest BCUT2D eigenvalue weighted by molar-refractivity contribution is 5.77. The predicted molar refractivity (Wildman–Crippen MR) is 102 cm³/mol. The van der Waals surface area contributed by atoms with E-state index in [0.29, 0.717) is 12.0 Å². The molecule has 4 aromatic heterocycles. The smallest absolute Gasteiger partial charge is 0.247 e. The van der Waals surface area contributed by atoms with Gasteiger partial charge in [0.2, 0.25) is 5.95 Å². The van der Waals surface area contributed by atoms with Crippen molar-refractivity contribution >= 4 is 34.1 Å². The van der Waals surface area contributed by atoms with Crippen LogP contribution in [0.25, 0.3) is 16.7 Å². The molecule has 4 N–H and O–H groups in total. The van der Waals surface area contributed by atoms with E-state index < -0.39 is 0 Å². The lowest BCUT2D eigenvalue weighted by Crippen LogP contribution is -2.29. The summed E-state index contributed by atoms with van der Waals surface area (Å²) in [6, 6.07) is 8.14. The number of nitrogens with zero attached hydrogens (tertiary/aromatic N) is 5. The molecule has 9 heteroatoms. The molecule has 1 aliphatic carbocycles. The van der Waals surface area contributed by atoms with Crippen molar-refractivity contribution in [1.29, 1.82) is 0 Å². The van der Waals surface area contributed by atoms with Gasteiger partial charge in [0.05, 0.1) is 29.7 Å². The van der Waals surface area contributed by atoms with Crippen molar-refractivity contribution in [3.8, 4) is 0 Å². The summed E-state index contributed by atoms with van der Waals surface area (Å²) in [5.41, 5.74) is 3.21. The summed E-state index contributed by atoms with van der Waals surface area (Å²) < 4.78 is 1.80. The number of aliphatic hydroxyl groups is 1. The molecule has 0 bridgehead atoms. The second-order valence-electron chi connectivity index (χ2n) is 6.92. The molecule has 4 aromatic rings. The molecule has 0 atom stereocenters. The number of aromatic amines is 1. The third kappa shape index (κ3) is 3.17. The number of hydrogen-bond donors (Lipinski definition) is 4. The molecule has 0 saturated heterocycles. The highest BCUT2D eigenvalue weighted by atomic mass is 16.3. The molecule has 138 valence electrons. The Bertz CT molecular complexity index is 1080. The Labute approximate surface area is 154 Å². The van der Waals surface area contributed by atoms with Crippen LogP contribution in [-0.2, 0) is 0 Å². The normalized spacial score (nSPS) is 20.2. The van der Waals surface area contributed by atoms with Crippen molar-refractivity contribution in [3.63, 3.8) is 0 Å². The third-order valence-corrected chi connectivity index (χ3v) is 4.95. The summed E-state index contributed by atoms with van der Waals surface area (Å²) in [7, 11) is 0. The van der Waals surface area contributed by atoms with E-state index in [1.54, 1.807) is 16.9 Å².